The van der Waals surface area contributed by atoms with E-state index in [9.17, 15) is 14.4 Å². The number of hydrogen-bond donors (Lipinski definition) is 3. The number of para-hydroxylation sites is 1. The molecule has 2 amide bonds. The summed E-state index contributed by atoms with van der Waals surface area (Å²) in [6, 6.07) is 9.66. The molecule has 0 saturated carbocycles. The van der Waals surface area contributed by atoms with E-state index in [1.54, 1.807) is 13.0 Å². The Morgan fingerprint density at radius 1 is 1.23 bits per heavy atom. The van der Waals surface area contributed by atoms with Crippen LogP contribution in [0.4, 0.5) is 0 Å². The molecule has 0 radical (unpaired) electrons. The van der Waals surface area contributed by atoms with Gasteiger partial charge in [0.25, 0.3) is 5.91 Å². The van der Waals surface area contributed by atoms with Gasteiger partial charge in [-0.15, -0.1) is 0 Å². The Kier molecular flexibility index (Phi) is 4.88. The molecule has 0 unspecified atom stereocenters. The van der Waals surface area contributed by atoms with Gasteiger partial charge in [0.2, 0.25) is 5.91 Å². The first kappa shape index (κ1) is 17.5. The van der Waals surface area contributed by atoms with E-state index in [0.717, 1.165) is 16.5 Å². The number of hydrogen-bond acceptors (Lipinski definition) is 4. The summed E-state index contributed by atoms with van der Waals surface area (Å²) in [6.45, 7) is 1.32. The molecule has 4 N–H and O–H groups in total. The van der Waals surface area contributed by atoms with Gasteiger partial charge in [-0.1, -0.05) is 18.2 Å². The molecule has 7 heteroatoms. The molecule has 134 valence electrons. The number of aromatic nitrogens is 1. The lowest BCUT2D eigenvalue weighted by Crippen LogP contribution is -2.36. The second-order valence-corrected chi connectivity index (χ2v) is 6.07. The largest absolute Gasteiger partial charge is 0.427 e. The first-order valence-electron chi connectivity index (χ1n) is 8.21. The molecular weight excluding hydrogens is 334 g/mol. The number of benzene rings is 1. The van der Waals surface area contributed by atoms with Gasteiger partial charge in [0.15, 0.2) is 0 Å². The summed E-state index contributed by atoms with van der Waals surface area (Å²) in [7, 11) is 0. The van der Waals surface area contributed by atoms with E-state index in [-0.39, 0.29) is 12.1 Å². The predicted octanol–water partition coefficient (Wildman–Crippen LogP) is 1.43. The maximum atomic E-state index is 12.2. The van der Waals surface area contributed by atoms with Crippen LogP contribution < -0.4 is 16.7 Å². The second-order valence-electron chi connectivity index (χ2n) is 6.07. The normalized spacial score (nSPS) is 10.8. The van der Waals surface area contributed by atoms with Crippen LogP contribution in [0.3, 0.4) is 0 Å². The summed E-state index contributed by atoms with van der Waals surface area (Å²) in [4.78, 5) is 38.1. The lowest BCUT2D eigenvalue weighted by molar-refractivity contribution is -0.117. The molecule has 0 aliphatic carbocycles. The molecule has 2 heterocycles. The number of H-pyrrole nitrogens is 1. The SMILES string of the molecule is Cc1cc(CCc2c[nH]c3ccccc23)oc(=O)c1C(=O)NCC(N)=O. The molecule has 0 saturated heterocycles. The van der Waals surface area contributed by atoms with E-state index in [2.05, 4.69) is 10.3 Å². The van der Waals surface area contributed by atoms with E-state index >= 15 is 0 Å². The lowest BCUT2D eigenvalue weighted by atomic mass is 10.1. The van der Waals surface area contributed by atoms with Crippen LogP contribution in [0.2, 0.25) is 0 Å². The zero-order valence-electron chi connectivity index (χ0n) is 14.3. The molecule has 0 aliphatic rings. The van der Waals surface area contributed by atoms with Crippen molar-refractivity contribution in [2.45, 2.75) is 19.8 Å². The number of carbonyl (C=O) groups excluding carboxylic acids is 2. The van der Waals surface area contributed by atoms with Gasteiger partial charge in [0.1, 0.15) is 11.3 Å². The van der Waals surface area contributed by atoms with Crippen molar-refractivity contribution in [2.75, 3.05) is 6.54 Å². The second kappa shape index (κ2) is 7.26. The van der Waals surface area contributed by atoms with Crippen LogP contribution in [0.25, 0.3) is 10.9 Å². The van der Waals surface area contributed by atoms with Gasteiger partial charge in [0, 0.05) is 23.5 Å². The number of carbonyl (C=O) groups is 2. The maximum Gasteiger partial charge on any atom is 0.349 e. The monoisotopic (exact) mass is 353 g/mol. The summed E-state index contributed by atoms with van der Waals surface area (Å²) in [5, 5.41) is 3.43. The predicted molar refractivity (Wildman–Crippen MR) is 96.9 cm³/mol. The molecule has 3 aromatic rings. The fraction of sp³-hybridized carbons (Fsp3) is 0.211. The zero-order valence-corrected chi connectivity index (χ0v) is 14.3. The number of rotatable bonds is 6. The molecule has 0 spiro atoms. The van der Waals surface area contributed by atoms with Crippen molar-refractivity contribution in [2.24, 2.45) is 5.73 Å². The molecule has 2 aromatic heterocycles. The van der Waals surface area contributed by atoms with Gasteiger partial charge in [-0.3, -0.25) is 9.59 Å². The molecule has 0 atom stereocenters. The highest BCUT2D eigenvalue weighted by Crippen LogP contribution is 2.19. The Morgan fingerprint density at radius 2 is 2.00 bits per heavy atom. The highest BCUT2D eigenvalue weighted by Gasteiger charge is 2.17. The van der Waals surface area contributed by atoms with Crippen molar-refractivity contribution >= 4 is 22.7 Å². The summed E-state index contributed by atoms with van der Waals surface area (Å²) >= 11 is 0. The fourth-order valence-electron chi connectivity index (χ4n) is 2.92. The van der Waals surface area contributed by atoms with E-state index in [1.807, 2.05) is 30.5 Å². The van der Waals surface area contributed by atoms with Crippen LogP contribution in [-0.2, 0) is 17.6 Å². The van der Waals surface area contributed by atoms with Crippen molar-refractivity contribution in [3.8, 4) is 0 Å². The molecule has 26 heavy (non-hydrogen) atoms. The Balaban J connectivity index is 1.76. The summed E-state index contributed by atoms with van der Waals surface area (Å²) in [5.41, 5.74) is 6.84. The van der Waals surface area contributed by atoms with E-state index in [4.69, 9.17) is 10.2 Å². The van der Waals surface area contributed by atoms with Gasteiger partial charge in [0.05, 0.1) is 6.54 Å². The van der Waals surface area contributed by atoms with E-state index < -0.39 is 17.4 Å². The number of amides is 2. The topological polar surface area (TPSA) is 118 Å². The first-order chi connectivity index (χ1) is 12.5. The summed E-state index contributed by atoms with van der Waals surface area (Å²) in [6.07, 6.45) is 3.17. The number of primary amides is 1. The number of nitrogens with two attached hydrogens (primary N) is 1. The van der Waals surface area contributed by atoms with Gasteiger partial charge in [-0.25, -0.2) is 4.79 Å². The molecule has 0 fully saturated rings. The van der Waals surface area contributed by atoms with Gasteiger partial charge in [-0.2, -0.15) is 0 Å². The van der Waals surface area contributed by atoms with Gasteiger partial charge >= 0.3 is 5.63 Å². The van der Waals surface area contributed by atoms with Crippen LogP contribution in [-0.4, -0.2) is 23.3 Å². The van der Waals surface area contributed by atoms with Crippen LogP contribution in [0.15, 0.2) is 45.7 Å². The Morgan fingerprint density at radius 3 is 2.73 bits per heavy atom. The van der Waals surface area contributed by atoms with Crippen LogP contribution >= 0.6 is 0 Å². The lowest BCUT2D eigenvalue weighted by Gasteiger charge is -2.07. The smallest absolute Gasteiger partial charge is 0.349 e. The third-order valence-corrected chi connectivity index (χ3v) is 4.17. The molecular formula is C19H19N3O4. The Hall–Kier alpha value is -3.35. The van der Waals surface area contributed by atoms with E-state index in [0.29, 0.717) is 24.2 Å². The van der Waals surface area contributed by atoms with Gasteiger partial charge in [-0.05, 0) is 36.6 Å². The van der Waals surface area contributed by atoms with Crippen molar-refractivity contribution in [1.82, 2.24) is 10.3 Å². The highest BCUT2D eigenvalue weighted by molar-refractivity contribution is 5.97. The number of nitrogens with one attached hydrogen (secondary N) is 2. The minimum atomic E-state index is -0.721. The first-order valence-corrected chi connectivity index (χ1v) is 8.21. The standard InChI is InChI=1S/C19H19N3O4/c1-11-8-13(26-19(25)17(11)18(24)22-10-16(20)23)7-6-12-9-21-15-5-3-2-4-14(12)15/h2-5,8-9,21H,6-7,10H2,1H3,(H2,20,23)(H,22,24). The summed E-state index contributed by atoms with van der Waals surface area (Å²) in [5.74, 6) is -0.849. The summed E-state index contributed by atoms with van der Waals surface area (Å²) < 4.78 is 5.28. The minimum absolute atomic E-state index is 0.109. The molecule has 1 aromatic carbocycles. The Labute approximate surface area is 149 Å². The average molecular weight is 353 g/mol. The number of aryl methyl sites for hydroxylation is 3. The highest BCUT2D eigenvalue weighted by atomic mass is 16.4. The quantitative estimate of drug-likeness (QED) is 0.621. The maximum absolute atomic E-state index is 12.2. The fourth-order valence-corrected chi connectivity index (χ4v) is 2.92. The van der Waals surface area contributed by atoms with Crippen LogP contribution in [0.5, 0.6) is 0 Å². The minimum Gasteiger partial charge on any atom is -0.427 e. The molecule has 3 rings (SSSR count). The third kappa shape index (κ3) is 3.66. The Bertz CT molecular complexity index is 1030. The number of fused-ring (bicyclic) bond motifs is 1. The van der Waals surface area contributed by atoms with Crippen LogP contribution in [0, 0.1) is 6.92 Å². The van der Waals surface area contributed by atoms with Crippen molar-refractivity contribution < 1.29 is 14.0 Å². The van der Waals surface area contributed by atoms with Crippen LogP contribution in [0.1, 0.15) is 27.2 Å². The van der Waals surface area contributed by atoms with E-state index in [1.165, 1.54) is 0 Å². The third-order valence-electron chi connectivity index (χ3n) is 4.17. The average Bonchev–Trinajstić information content (AvgIpc) is 3.01. The van der Waals surface area contributed by atoms with Crippen molar-refractivity contribution in [1.29, 1.82) is 0 Å². The van der Waals surface area contributed by atoms with Crippen molar-refractivity contribution in [3.05, 3.63) is 69.4 Å². The molecule has 0 bridgehead atoms. The number of aromatic amines is 1. The van der Waals surface area contributed by atoms with Gasteiger partial charge < -0.3 is 20.5 Å². The zero-order chi connectivity index (χ0) is 18.7. The van der Waals surface area contributed by atoms with Crippen molar-refractivity contribution in [3.63, 3.8) is 0 Å². The molecule has 0 aliphatic heterocycles. The molecule has 7 nitrogen and oxygen atoms in total.